The fourth-order valence-electron chi connectivity index (χ4n) is 6.55. The van der Waals surface area contributed by atoms with E-state index < -0.39 is 0 Å². The summed E-state index contributed by atoms with van der Waals surface area (Å²) in [5.41, 5.74) is 5.28. The van der Waals surface area contributed by atoms with E-state index in [1.807, 2.05) is 0 Å². The van der Waals surface area contributed by atoms with Crippen molar-refractivity contribution in [3.8, 4) is 0 Å². The number of fused-ring (bicyclic) bond motifs is 1. The maximum Gasteiger partial charge on any atom is 0.135 e. The van der Waals surface area contributed by atoms with Crippen LogP contribution in [0.1, 0.15) is 76.4 Å². The SMILES string of the molecule is C=C(Cl)C1=C(N2CCc3c(nc(CCC4CCCN4C)nc3N3CCC(C)C(C)(C)C3)C2)C=CCC1. The molecule has 5 nitrogen and oxygen atoms in total. The van der Waals surface area contributed by atoms with E-state index in [0.29, 0.717) is 11.1 Å². The number of aryl methyl sites for hydroxylation is 1. The molecule has 0 amide bonds. The third-order valence-corrected chi connectivity index (χ3v) is 9.57. The number of piperidine rings is 1. The summed E-state index contributed by atoms with van der Waals surface area (Å²) in [5.74, 6) is 2.97. The van der Waals surface area contributed by atoms with Crippen LogP contribution >= 0.6 is 11.6 Å². The molecule has 6 heteroatoms. The van der Waals surface area contributed by atoms with Gasteiger partial charge in [-0.1, -0.05) is 45.0 Å². The third-order valence-electron chi connectivity index (χ3n) is 9.34. The summed E-state index contributed by atoms with van der Waals surface area (Å²) in [5, 5.41) is 0.676. The molecule has 3 aliphatic heterocycles. The molecule has 0 radical (unpaired) electrons. The quantitative estimate of drug-likeness (QED) is 0.463. The van der Waals surface area contributed by atoms with Crippen molar-refractivity contribution in [3.05, 3.63) is 52.1 Å². The number of allylic oxidation sites excluding steroid dienone is 4. The summed E-state index contributed by atoms with van der Waals surface area (Å²) in [6, 6.07) is 0.661. The minimum atomic E-state index is 0.289. The average Bonchev–Trinajstić information content (AvgIpc) is 3.28. The second-order valence-electron chi connectivity index (χ2n) is 12.2. The molecule has 5 rings (SSSR count). The molecule has 0 bridgehead atoms. The lowest BCUT2D eigenvalue weighted by Gasteiger charge is -2.44. The molecule has 1 aromatic rings. The number of likely N-dealkylation sites (tertiary alicyclic amines) is 1. The van der Waals surface area contributed by atoms with Crippen LogP contribution in [0.2, 0.25) is 0 Å². The highest BCUT2D eigenvalue weighted by atomic mass is 35.5. The maximum atomic E-state index is 6.43. The van der Waals surface area contributed by atoms with Crippen LogP contribution in [-0.2, 0) is 19.4 Å². The first kappa shape index (κ1) is 25.8. The predicted octanol–water partition coefficient (Wildman–Crippen LogP) is 6.09. The lowest BCUT2D eigenvalue weighted by atomic mass is 9.75. The van der Waals surface area contributed by atoms with Crippen LogP contribution in [0.5, 0.6) is 0 Å². The Hall–Kier alpha value is -1.85. The molecule has 1 aliphatic carbocycles. The largest absolute Gasteiger partial charge is 0.365 e. The molecule has 2 atom stereocenters. The topological polar surface area (TPSA) is 35.5 Å². The maximum absolute atomic E-state index is 6.43. The molecule has 0 saturated carbocycles. The number of anilines is 1. The summed E-state index contributed by atoms with van der Waals surface area (Å²) in [6.45, 7) is 16.5. The molecular weight excluding hydrogens is 466 g/mol. The van der Waals surface area contributed by atoms with Crippen molar-refractivity contribution in [1.29, 1.82) is 0 Å². The third kappa shape index (κ3) is 5.24. The second-order valence-corrected chi connectivity index (χ2v) is 12.6. The van der Waals surface area contributed by atoms with Crippen molar-refractivity contribution < 1.29 is 0 Å². The fourth-order valence-corrected chi connectivity index (χ4v) is 6.74. The number of hydrogen-bond acceptors (Lipinski definition) is 5. The van der Waals surface area contributed by atoms with E-state index in [2.05, 4.69) is 61.2 Å². The molecule has 2 unspecified atom stereocenters. The summed E-state index contributed by atoms with van der Waals surface area (Å²) in [4.78, 5) is 18.1. The number of nitrogens with zero attached hydrogens (tertiary/aromatic N) is 5. The zero-order valence-corrected chi connectivity index (χ0v) is 23.6. The minimum Gasteiger partial charge on any atom is -0.365 e. The first-order valence-corrected chi connectivity index (χ1v) is 14.4. The predicted molar refractivity (Wildman–Crippen MR) is 150 cm³/mol. The summed E-state index contributed by atoms with van der Waals surface area (Å²) in [6.07, 6.45) is 13.4. The Morgan fingerprint density at radius 3 is 2.69 bits per heavy atom. The van der Waals surface area contributed by atoms with E-state index in [9.17, 15) is 0 Å². The van der Waals surface area contributed by atoms with Crippen molar-refractivity contribution in [2.45, 2.75) is 84.7 Å². The van der Waals surface area contributed by atoms with Crippen LogP contribution in [0.4, 0.5) is 5.82 Å². The lowest BCUT2D eigenvalue weighted by Crippen LogP contribution is -2.46. The Labute approximate surface area is 223 Å². The molecule has 2 fully saturated rings. The molecular formula is C30H44ClN5. The van der Waals surface area contributed by atoms with Gasteiger partial charge in [-0.2, -0.15) is 0 Å². The van der Waals surface area contributed by atoms with Gasteiger partial charge in [0, 0.05) is 48.4 Å². The van der Waals surface area contributed by atoms with Gasteiger partial charge in [0.15, 0.2) is 0 Å². The average molecular weight is 510 g/mol. The van der Waals surface area contributed by atoms with Crippen LogP contribution in [0.15, 0.2) is 35.0 Å². The van der Waals surface area contributed by atoms with Gasteiger partial charge in [-0.3, -0.25) is 0 Å². The molecule has 4 heterocycles. The van der Waals surface area contributed by atoms with Crippen LogP contribution in [0.3, 0.4) is 0 Å². The number of halogens is 1. The van der Waals surface area contributed by atoms with Crippen LogP contribution in [0, 0.1) is 11.3 Å². The van der Waals surface area contributed by atoms with Gasteiger partial charge in [0.2, 0.25) is 0 Å². The van der Waals surface area contributed by atoms with Crippen molar-refractivity contribution in [3.63, 3.8) is 0 Å². The normalized spacial score (nSPS) is 26.5. The molecule has 2 saturated heterocycles. The van der Waals surface area contributed by atoms with Gasteiger partial charge in [0.1, 0.15) is 11.6 Å². The first-order chi connectivity index (χ1) is 17.2. The molecule has 196 valence electrons. The Balaban J connectivity index is 1.46. The summed E-state index contributed by atoms with van der Waals surface area (Å²) < 4.78 is 0. The van der Waals surface area contributed by atoms with E-state index in [1.165, 1.54) is 54.2 Å². The Morgan fingerprint density at radius 1 is 1.14 bits per heavy atom. The lowest BCUT2D eigenvalue weighted by molar-refractivity contribution is 0.192. The molecule has 0 N–H and O–H groups in total. The van der Waals surface area contributed by atoms with Gasteiger partial charge in [0.25, 0.3) is 0 Å². The highest BCUT2D eigenvalue weighted by Crippen LogP contribution is 2.39. The summed E-state index contributed by atoms with van der Waals surface area (Å²) >= 11 is 6.43. The highest BCUT2D eigenvalue weighted by molar-refractivity contribution is 6.31. The molecule has 36 heavy (non-hydrogen) atoms. The highest BCUT2D eigenvalue weighted by Gasteiger charge is 2.36. The standard InChI is InChI=1S/C30H44ClN5/c1-21-14-17-36(20-30(21,3)4)29-25-15-18-35(27-11-7-6-10-24(27)22(2)31)19-26(25)32-28(33-29)13-12-23-9-8-16-34(23)5/h7,11,21,23H,2,6,8-10,12-20H2,1,3-5H3. The van der Waals surface area contributed by atoms with Gasteiger partial charge < -0.3 is 14.7 Å². The minimum absolute atomic E-state index is 0.289. The number of hydrogen-bond donors (Lipinski definition) is 0. The van der Waals surface area contributed by atoms with E-state index in [-0.39, 0.29) is 5.41 Å². The van der Waals surface area contributed by atoms with Gasteiger partial charge in [0.05, 0.1) is 12.2 Å². The number of rotatable bonds is 6. The monoisotopic (exact) mass is 509 g/mol. The second kappa shape index (κ2) is 10.5. The zero-order valence-electron chi connectivity index (χ0n) is 22.8. The van der Waals surface area contributed by atoms with Crippen molar-refractivity contribution >= 4 is 17.4 Å². The van der Waals surface area contributed by atoms with Crippen LogP contribution in [-0.4, -0.2) is 59.0 Å². The number of aromatic nitrogens is 2. The molecule has 4 aliphatic rings. The van der Waals surface area contributed by atoms with E-state index in [1.54, 1.807) is 0 Å². The Bertz CT molecular complexity index is 1060. The zero-order chi connectivity index (χ0) is 25.4. The Kier molecular flexibility index (Phi) is 7.51. The van der Waals surface area contributed by atoms with Crippen molar-refractivity contribution in [2.24, 2.45) is 11.3 Å². The molecule has 0 aromatic carbocycles. The van der Waals surface area contributed by atoms with Crippen molar-refractivity contribution in [2.75, 3.05) is 38.1 Å². The molecule has 0 spiro atoms. The van der Waals surface area contributed by atoms with Gasteiger partial charge in [-0.15, -0.1) is 0 Å². The van der Waals surface area contributed by atoms with E-state index in [0.717, 1.165) is 70.0 Å². The smallest absolute Gasteiger partial charge is 0.135 e. The van der Waals surface area contributed by atoms with Gasteiger partial charge in [-0.25, -0.2) is 9.97 Å². The Morgan fingerprint density at radius 2 is 1.97 bits per heavy atom. The van der Waals surface area contributed by atoms with Crippen LogP contribution < -0.4 is 4.90 Å². The molecule has 1 aromatic heterocycles. The van der Waals surface area contributed by atoms with E-state index in [4.69, 9.17) is 21.6 Å². The van der Waals surface area contributed by atoms with Gasteiger partial charge >= 0.3 is 0 Å². The van der Waals surface area contributed by atoms with Crippen LogP contribution in [0.25, 0.3) is 0 Å². The van der Waals surface area contributed by atoms with Crippen molar-refractivity contribution in [1.82, 2.24) is 19.8 Å². The first-order valence-electron chi connectivity index (χ1n) is 14.1. The fraction of sp³-hybridized carbons (Fsp3) is 0.667. The van der Waals surface area contributed by atoms with Gasteiger partial charge in [-0.05, 0) is 81.5 Å². The summed E-state index contributed by atoms with van der Waals surface area (Å²) in [7, 11) is 2.26. The van der Waals surface area contributed by atoms with E-state index >= 15 is 0 Å².